The minimum Gasteiger partial charge on any atom is -0.447 e. The van der Waals surface area contributed by atoms with E-state index >= 15 is 0 Å². The highest BCUT2D eigenvalue weighted by molar-refractivity contribution is 6.02. The summed E-state index contributed by atoms with van der Waals surface area (Å²) in [6.07, 6.45) is -0.209. The highest BCUT2D eigenvalue weighted by Crippen LogP contribution is 2.35. The van der Waals surface area contributed by atoms with Gasteiger partial charge >= 0.3 is 12.3 Å². The molecule has 2 amide bonds. The SMILES string of the molecule is CC1CCN(c2cc(C(F)(F)F)ccc2/C=C/C(=O)N2C(=O)OCC2Cc2ccccc2)CC1. The fourth-order valence-electron chi connectivity index (χ4n) is 4.39. The highest BCUT2D eigenvalue weighted by Gasteiger charge is 2.37. The summed E-state index contributed by atoms with van der Waals surface area (Å²) in [5.41, 5.74) is 1.19. The minimum absolute atomic E-state index is 0.102. The molecule has 0 saturated carbocycles. The Hall–Kier alpha value is -3.29. The van der Waals surface area contributed by atoms with Crippen molar-refractivity contribution in [3.63, 3.8) is 0 Å². The van der Waals surface area contributed by atoms with Crippen molar-refractivity contribution in [1.29, 1.82) is 0 Å². The zero-order valence-corrected chi connectivity index (χ0v) is 18.9. The van der Waals surface area contributed by atoms with E-state index in [1.54, 1.807) is 0 Å². The normalized spacial score (nSPS) is 19.6. The van der Waals surface area contributed by atoms with Gasteiger partial charge in [0.25, 0.3) is 5.91 Å². The van der Waals surface area contributed by atoms with Crippen LogP contribution in [0.4, 0.5) is 23.7 Å². The van der Waals surface area contributed by atoms with Gasteiger partial charge in [-0.2, -0.15) is 13.2 Å². The number of amides is 2. The summed E-state index contributed by atoms with van der Waals surface area (Å²) in [5, 5.41) is 0. The molecule has 2 aliphatic heterocycles. The van der Waals surface area contributed by atoms with Crippen LogP contribution in [0.15, 0.2) is 54.6 Å². The lowest BCUT2D eigenvalue weighted by Crippen LogP contribution is -2.39. The Morgan fingerprint density at radius 1 is 1.12 bits per heavy atom. The third-order valence-corrected chi connectivity index (χ3v) is 6.40. The van der Waals surface area contributed by atoms with E-state index in [0.717, 1.165) is 35.4 Å². The summed E-state index contributed by atoms with van der Waals surface area (Å²) in [6, 6.07) is 12.6. The molecular formula is C26H27F3N2O3. The highest BCUT2D eigenvalue weighted by atomic mass is 19.4. The van der Waals surface area contributed by atoms with Gasteiger partial charge in [-0.15, -0.1) is 0 Å². The second-order valence-electron chi connectivity index (χ2n) is 8.90. The molecule has 0 aromatic heterocycles. The summed E-state index contributed by atoms with van der Waals surface area (Å²) in [4.78, 5) is 28.2. The molecule has 4 rings (SSSR count). The number of hydrogen-bond donors (Lipinski definition) is 0. The Kier molecular flexibility index (Phi) is 6.95. The zero-order chi connectivity index (χ0) is 24.3. The van der Waals surface area contributed by atoms with Crippen LogP contribution in [0, 0.1) is 5.92 Å². The Labute approximate surface area is 196 Å². The van der Waals surface area contributed by atoms with Crippen LogP contribution >= 0.6 is 0 Å². The Balaban J connectivity index is 1.56. The van der Waals surface area contributed by atoms with E-state index in [1.807, 2.05) is 35.2 Å². The minimum atomic E-state index is -4.46. The Morgan fingerprint density at radius 3 is 2.50 bits per heavy atom. The van der Waals surface area contributed by atoms with Crippen molar-refractivity contribution in [3.05, 3.63) is 71.3 Å². The predicted octanol–water partition coefficient (Wildman–Crippen LogP) is 5.55. The van der Waals surface area contributed by atoms with E-state index in [0.29, 0.717) is 36.7 Å². The molecule has 0 bridgehead atoms. The van der Waals surface area contributed by atoms with Crippen LogP contribution < -0.4 is 4.90 Å². The Bertz CT molecular complexity index is 1060. The van der Waals surface area contributed by atoms with Crippen LogP contribution in [0.5, 0.6) is 0 Å². The fourth-order valence-corrected chi connectivity index (χ4v) is 4.39. The molecule has 8 heteroatoms. The number of nitrogens with zero attached hydrogens (tertiary/aromatic N) is 2. The number of imide groups is 1. The largest absolute Gasteiger partial charge is 0.447 e. The van der Waals surface area contributed by atoms with Crippen LogP contribution in [0.25, 0.3) is 6.08 Å². The predicted molar refractivity (Wildman–Crippen MR) is 123 cm³/mol. The molecule has 2 heterocycles. The summed E-state index contributed by atoms with van der Waals surface area (Å²) >= 11 is 0. The lowest BCUT2D eigenvalue weighted by atomic mass is 9.97. The second kappa shape index (κ2) is 9.91. The molecule has 0 radical (unpaired) electrons. The molecule has 0 spiro atoms. The van der Waals surface area contributed by atoms with Gasteiger partial charge in [0.05, 0.1) is 11.6 Å². The van der Waals surface area contributed by atoms with Gasteiger partial charge in [-0.3, -0.25) is 4.79 Å². The molecule has 2 aliphatic rings. The number of alkyl halides is 3. The van der Waals surface area contributed by atoms with Gasteiger partial charge in [-0.25, -0.2) is 9.69 Å². The summed E-state index contributed by atoms with van der Waals surface area (Å²) in [5.74, 6) is -0.0353. The van der Waals surface area contributed by atoms with Crippen molar-refractivity contribution in [2.45, 2.75) is 38.4 Å². The lowest BCUT2D eigenvalue weighted by molar-refractivity contribution is -0.137. The average molecular weight is 473 g/mol. The molecule has 2 saturated heterocycles. The number of ether oxygens (including phenoxy) is 1. The van der Waals surface area contributed by atoms with E-state index in [2.05, 4.69) is 6.92 Å². The van der Waals surface area contributed by atoms with Crippen molar-refractivity contribution in [1.82, 2.24) is 4.90 Å². The fraction of sp³-hybridized carbons (Fsp3) is 0.385. The maximum absolute atomic E-state index is 13.4. The number of benzene rings is 2. The second-order valence-corrected chi connectivity index (χ2v) is 8.90. The third kappa shape index (κ3) is 5.43. The van der Waals surface area contributed by atoms with E-state index in [9.17, 15) is 22.8 Å². The standard InChI is InChI=1S/C26H27F3N2O3/c1-18-11-13-30(14-12-18)23-16-21(26(27,28)29)9-7-20(23)8-10-24(32)31-22(17-34-25(31)33)15-19-5-3-2-4-6-19/h2-10,16,18,22H,11-15,17H2,1H3/b10-8+. The van der Waals surface area contributed by atoms with E-state index in [1.165, 1.54) is 18.2 Å². The van der Waals surface area contributed by atoms with Crippen LogP contribution in [0.3, 0.4) is 0 Å². The molecule has 2 aromatic carbocycles. The molecular weight excluding hydrogens is 445 g/mol. The van der Waals surface area contributed by atoms with Crippen molar-refractivity contribution in [2.75, 3.05) is 24.6 Å². The van der Waals surface area contributed by atoms with E-state index in [-0.39, 0.29) is 6.61 Å². The van der Waals surface area contributed by atoms with Crippen molar-refractivity contribution < 1.29 is 27.5 Å². The first-order valence-corrected chi connectivity index (χ1v) is 11.4. The topological polar surface area (TPSA) is 49.9 Å². The molecule has 0 N–H and O–H groups in total. The van der Waals surface area contributed by atoms with Crippen molar-refractivity contribution in [2.24, 2.45) is 5.92 Å². The molecule has 2 fully saturated rings. The number of carbonyl (C=O) groups is 2. The van der Waals surface area contributed by atoms with Crippen LogP contribution in [-0.4, -0.2) is 42.6 Å². The van der Waals surface area contributed by atoms with Gasteiger partial charge < -0.3 is 9.64 Å². The number of hydrogen-bond acceptors (Lipinski definition) is 4. The maximum Gasteiger partial charge on any atom is 0.417 e. The molecule has 2 aromatic rings. The number of anilines is 1. The quantitative estimate of drug-likeness (QED) is 0.536. The van der Waals surface area contributed by atoms with E-state index < -0.39 is 29.8 Å². The molecule has 5 nitrogen and oxygen atoms in total. The number of halogens is 3. The Morgan fingerprint density at radius 2 is 1.82 bits per heavy atom. The van der Waals surface area contributed by atoms with Gasteiger partial charge in [-0.05, 0) is 54.5 Å². The van der Waals surface area contributed by atoms with Gasteiger partial charge in [0.1, 0.15) is 6.61 Å². The molecule has 1 atom stereocenters. The lowest BCUT2D eigenvalue weighted by Gasteiger charge is -2.33. The summed E-state index contributed by atoms with van der Waals surface area (Å²) in [7, 11) is 0. The van der Waals surface area contributed by atoms with Crippen LogP contribution in [0.1, 0.15) is 36.5 Å². The monoisotopic (exact) mass is 472 g/mol. The molecule has 34 heavy (non-hydrogen) atoms. The van der Waals surface area contributed by atoms with E-state index in [4.69, 9.17) is 4.74 Å². The first-order valence-electron chi connectivity index (χ1n) is 11.4. The van der Waals surface area contributed by atoms with Gasteiger partial charge in [0, 0.05) is 24.9 Å². The molecule has 1 unspecified atom stereocenters. The zero-order valence-electron chi connectivity index (χ0n) is 18.9. The van der Waals surface area contributed by atoms with Gasteiger partial charge in [0.15, 0.2) is 0 Å². The van der Waals surface area contributed by atoms with Gasteiger partial charge in [0.2, 0.25) is 0 Å². The summed E-state index contributed by atoms with van der Waals surface area (Å²) in [6.45, 7) is 3.53. The maximum atomic E-state index is 13.4. The van der Waals surface area contributed by atoms with Gasteiger partial charge in [-0.1, -0.05) is 43.3 Å². The summed E-state index contributed by atoms with van der Waals surface area (Å²) < 4.78 is 45.2. The molecule has 180 valence electrons. The smallest absolute Gasteiger partial charge is 0.417 e. The van der Waals surface area contributed by atoms with Crippen molar-refractivity contribution in [3.8, 4) is 0 Å². The number of carbonyl (C=O) groups excluding carboxylic acids is 2. The van der Waals surface area contributed by atoms with Crippen molar-refractivity contribution >= 4 is 23.8 Å². The van der Waals surface area contributed by atoms with Crippen LogP contribution in [0.2, 0.25) is 0 Å². The van der Waals surface area contributed by atoms with Crippen LogP contribution in [-0.2, 0) is 22.1 Å². The first kappa shape index (κ1) is 23.9. The first-order chi connectivity index (χ1) is 16.2. The molecule has 0 aliphatic carbocycles. The number of rotatable bonds is 5. The average Bonchev–Trinajstić information content (AvgIpc) is 3.18. The number of cyclic esters (lactones) is 1. The number of piperidine rings is 1. The third-order valence-electron chi connectivity index (χ3n) is 6.40.